The number of amides is 2. The number of carbonyl (C=O) groups excluding carboxylic acids is 2. The van der Waals surface area contributed by atoms with Crippen LogP contribution in [0.25, 0.3) is 11.1 Å². The monoisotopic (exact) mass is 474 g/mol. The summed E-state index contributed by atoms with van der Waals surface area (Å²) in [4.78, 5) is 28.0. The Kier molecular flexibility index (Phi) is 7.42. The number of hydrogen-bond acceptors (Lipinski definition) is 3. The van der Waals surface area contributed by atoms with Crippen LogP contribution in [-0.2, 0) is 4.79 Å². The van der Waals surface area contributed by atoms with Gasteiger partial charge in [0.05, 0.1) is 16.8 Å². The number of nitrogens with one attached hydrogen (secondary N) is 1. The first-order valence-corrected chi connectivity index (χ1v) is 12.3. The highest BCUT2D eigenvalue weighted by Gasteiger charge is 2.30. The van der Waals surface area contributed by atoms with Gasteiger partial charge < -0.3 is 14.6 Å². The van der Waals surface area contributed by atoms with E-state index in [0.29, 0.717) is 29.2 Å². The van der Waals surface area contributed by atoms with Crippen molar-refractivity contribution in [2.75, 3.05) is 13.1 Å². The zero-order valence-corrected chi connectivity index (χ0v) is 20.1. The molecule has 2 aromatic rings. The number of furan rings is 1. The standard InChI is InChI=1S/C26H32ClFN2O3/c1-16-9-11-30(12-10-16)23(31)14-18-5-3-6-19(13-18)29-26(32)24-17(2)33-15-20(24)25-21(27)7-4-8-22(25)28/h4,7-8,15-16,18-19H,3,5-6,9-14H2,1-2H3,(H,29,32). The second-order valence-electron chi connectivity index (χ2n) is 9.65. The molecule has 0 bridgehead atoms. The second-order valence-corrected chi connectivity index (χ2v) is 10.1. The van der Waals surface area contributed by atoms with E-state index in [4.69, 9.17) is 16.0 Å². The van der Waals surface area contributed by atoms with Crippen LogP contribution in [0.5, 0.6) is 0 Å². The third-order valence-electron chi connectivity index (χ3n) is 7.15. The lowest BCUT2D eigenvalue weighted by atomic mass is 9.83. The van der Waals surface area contributed by atoms with E-state index in [2.05, 4.69) is 12.2 Å². The van der Waals surface area contributed by atoms with Crippen LogP contribution in [-0.4, -0.2) is 35.8 Å². The predicted molar refractivity (Wildman–Crippen MR) is 127 cm³/mol. The fourth-order valence-corrected chi connectivity index (χ4v) is 5.44. The van der Waals surface area contributed by atoms with E-state index in [0.717, 1.165) is 51.6 Å². The number of aryl methyl sites for hydroxylation is 1. The molecule has 2 heterocycles. The van der Waals surface area contributed by atoms with E-state index in [1.165, 1.54) is 18.4 Å². The van der Waals surface area contributed by atoms with Crippen molar-refractivity contribution in [1.82, 2.24) is 10.2 Å². The molecule has 5 nitrogen and oxygen atoms in total. The number of rotatable bonds is 5. The van der Waals surface area contributed by atoms with Crippen molar-refractivity contribution in [2.45, 2.75) is 64.8 Å². The van der Waals surface area contributed by atoms with E-state index in [-0.39, 0.29) is 34.4 Å². The average molecular weight is 475 g/mol. The molecule has 1 aromatic carbocycles. The van der Waals surface area contributed by atoms with Crippen molar-refractivity contribution < 1.29 is 18.4 Å². The van der Waals surface area contributed by atoms with E-state index >= 15 is 0 Å². The molecule has 1 aliphatic carbocycles. The lowest BCUT2D eigenvalue weighted by molar-refractivity contribution is -0.133. The van der Waals surface area contributed by atoms with E-state index < -0.39 is 5.82 Å². The van der Waals surface area contributed by atoms with E-state index in [1.54, 1.807) is 13.0 Å². The minimum absolute atomic E-state index is 0.0244. The summed E-state index contributed by atoms with van der Waals surface area (Å²) >= 11 is 6.23. The molecule has 1 saturated carbocycles. The molecule has 0 radical (unpaired) electrons. The van der Waals surface area contributed by atoms with Gasteiger partial charge in [-0.25, -0.2) is 4.39 Å². The maximum atomic E-state index is 14.5. The molecule has 0 spiro atoms. The number of likely N-dealkylation sites (tertiary alicyclic amines) is 1. The first-order valence-electron chi connectivity index (χ1n) is 11.9. The maximum Gasteiger partial charge on any atom is 0.255 e. The number of carbonyl (C=O) groups is 2. The van der Waals surface area contributed by atoms with Gasteiger partial charge in [0.15, 0.2) is 0 Å². The molecular weight excluding hydrogens is 443 g/mol. The number of halogens is 2. The normalized spacial score (nSPS) is 21.8. The number of benzene rings is 1. The van der Waals surface area contributed by atoms with Gasteiger partial charge in [0.25, 0.3) is 5.91 Å². The Morgan fingerprint density at radius 2 is 1.97 bits per heavy atom. The van der Waals surface area contributed by atoms with Gasteiger partial charge in [-0.3, -0.25) is 9.59 Å². The molecule has 1 aliphatic heterocycles. The topological polar surface area (TPSA) is 62.6 Å². The Morgan fingerprint density at radius 1 is 1.21 bits per heavy atom. The highest BCUT2D eigenvalue weighted by molar-refractivity contribution is 6.33. The molecule has 2 amide bonds. The summed E-state index contributed by atoms with van der Waals surface area (Å²) in [6.45, 7) is 5.64. The van der Waals surface area contributed by atoms with Crippen LogP contribution >= 0.6 is 11.6 Å². The third kappa shape index (κ3) is 5.43. The van der Waals surface area contributed by atoms with Crippen LogP contribution in [0, 0.1) is 24.6 Å². The summed E-state index contributed by atoms with van der Waals surface area (Å²) in [6.07, 6.45) is 7.69. The lowest BCUT2D eigenvalue weighted by Gasteiger charge is -2.34. The van der Waals surface area contributed by atoms with Crippen LogP contribution in [0.3, 0.4) is 0 Å². The van der Waals surface area contributed by atoms with Gasteiger partial charge in [0, 0.05) is 36.7 Å². The molecule has 2 fully saturated rings. The summed E-state index contributed by atoms with van der Waals surface area (Å²) in [5, 5.41) is 3.34. The van der Waals surface area contributed by atoms with Crippen molar-refractivity contribution >= 4 is 23.4 Å². The van der Waals surface area contributed by atoms with Gasteiger partial charge in [0.2, 0.25) is 5.91 Å². The molecule has 33 heavy (non-hydrogen) atoms. The van der Waals surface area contributed by atoms with E-state index in [9.17, 15) is 14.0 Å². The van der Waals surface area contributed by atoms with Gasteiger partial charge in [-0.05, 0) is 63.0 Å². The van der Waals surface area contributed by atoms with Crippen molar-refractivity contribution in [2.24, 2.45) is 11.8 Å². The SMILES string of the molecule is Cc1occ(-c2c(F)cccc2Cl)c1C(=O)NC1CCCC(CC(=O)N2CCC(C)CC2)C1. The third-order valence-corrected chi connectivity index (χ3v) is 7.47. The van der Waals surface area contributed by atoms with Crippen LogP contribution < -0.4 is 5.32 Å². The molecule has 2 aliphatic rings. The maximum absolute atomic E-state index is 14.5. The second kappa shape index (κ2) is 10.3. The molecule has 2 atom stereocenters. The summed E-state index contributed by atoms with van der Waals surface area (Å²) in [7, 11) is 0. The molecule has 7 heteroatoms. The van der Waals surface area contributed by atoms with Crippen molar-refractivity contribution in [3.05, 3.63) is 46.6 Å². The van der Waals surface area contributed by atoms with E-state index in [1.807, 2.05) is 4.90 Å². The van der Waals surface area contributed by atoms with Crippen molar-refractivity contribution in [3.63, 3.8) is 0 Å². The number of hydrogen-bond donors (Lipinski definition) is 1. The molecular formula is C26H32ClFN2O3. The van der Waals surface area contributed by atoms with Gasteiger partial charge in [-0.2, -0.15) is 0 Å². The first-order chi connectivity index (χ1) is 15.8. The molecule has 4 rings (SSSR count). The lowest BCUT2D eigenvalue weighted by Crippen LogP contribution is -2.41. The Morgan fingerprint density at radius 3 is 2.70 bits per heavy atom. The van der Waals surface area contributed by atoms with Gasteiger partial charge in [-0.1, -0.05) is 31.0 Å². The molecule has 1 N–H and O–H groups in total. The summed E-state index contributed by atoms with van der Waals surface area (Å²) in [5.74, 6) is 0.823. The van der Waals surface area contributed by atoms with Crippen LogP contribution in [0.1, 0.15) is 68.0 Å². The van der Waals surface area contributed by atoms with Gasteiger partial charge in [0.1, 0.15) is 11.6 Å². The van der Waals surface area contributed by atoms with Gasteiger partial charge in [-0.15, -0.1) is 0 Å². The fraction of sp³-hybridized carbons (Fsp3) is 0.538. The molecule has 2 unspecified atom stereocenters. The molecule has 1 saturated heterocycles. The minimum atomic E-state index is -0.499. The smallest absolute Gasteiger partial charge is 0.255 e. The number of nitrogens with zero attached hydrogens (tertiary/aromatic N) is 1. The highest BCUT2D eigenvalue weighted by Crippen LogP contribution is 2.36. The van der Waals surface area contributed by atoms with Crippen molar-refractivity contribution in [3.8, 4) is 11.1 Å². The zero-order valence-electron chi connectivity index (χ0n) is 19.3. The largest absolute Gasteiger partial charge is 0.468 e. The minimum Gasteiger partial charge on any atom is -0.468 e. The molecule has 178 valence electrons. The zero-order chi connectivity index (χ0) is 23.5. The molecule has 1 aromatic heterocycles. The number of piperidine rings is 1. The van der Waals surface area contributed by atoms with Crippen LogP contribution in [0.2, 0.25) is 5.02 Å². The van der Waals surface area contributed by atoms with Crippen LogP contribution in [0.4, 0.5) is 4.39 Å². The summed E-state index contributed by atoms with van der Waals surface area (Å²) in [6, 6.07) is 4.41. The van der Waals surface area contributed by atoms with Crippen LogP contribution in [0.15, 0.2) is 28.9 Å². The average Bonchev–Trinajstić information content (AvgIpc) is 3.15. The summed E-state index contributed by atoms with van der Waals surface area (Å²) in [5.41, 5.74) is 0.835. The van der Waals surface area contributed by atoms with Crippen molar-refractivity contribution in [1.29, 1.82) is 0 Å². The first kappa shape index (κ1) is 23.8. The Labute approximate surface area is 199 Å². The fourth-order valence-electron chi connectivity index (χ4n) is 5.18. The van der Waals surface area contributed by atoms with Gasteiger partial charge >= 0.3 is 0 Å². The Bertz CT molecular complexity index is 993. The Hall–Kier alpha value is -2.34. The highest BCUT2D eigenvalue weighted by atomic mass is 35.5. The Balaban J connectivity index is 1.41. The predicted octanol–water partition coefficient (Wildman–Crippen LogP) is 5.98. The quantitative estimate of drug-likeness (QED) is 0.579. The summed E-state index contributed by atoms with van der Waals surface area (Å²) < 4.78 is 20.0.